The van der Waals surface area contributed by atoms with E-state index in [0.29, 0.717) is 29.3 Å². The molecule has 0 aliphatic carbocycles. The van der Waals surface area contributed by atoms with Gasteiger partial charge in [-0.2, -0.15) is 0 Å². The van der Waals surface area contributed by atoms with Gasteiger partial charge < -0.3 is 14.8 Å². The first kappa shape index (κ1) is 24.8. The fourth-order valence-corrected chi connectivity index (χ4v) is 4.65. The average molecular weight is 503 g/mol. The molecule has 4 aromatic carbocycles. The number of anilines is 2. The zero-order valence-electron chi connectivity index (χ0n) is 19.7. The van der Waals surface area contributed by atoms with Gasteiger partial charge in [0.05, 0.1) is 16.1 Å². The second-order valence-corrected chi connectivity index (χ2v) is 9.76. The largest absolute Gasteiger partial charge is 0.490 e. The Kier molecular flexibility index (Phi) is 7.87. The lowest BCUT2D eigenvalue weighted by Crippen LogP contribution is -2.26. The summed E-state index contributed by atoms with van der Waals surface area (Å²) in [6.45, 7) is 0.591. The number of nitrogens with zero attached hydrogens (tertiary/aromatic N) is 1. The Hall–Kier alpha value is -4.30. The molecule has 8 heteroatoms. The molecule has 0 bridgehead atoms. The van der Waals surface area contributed by atoms with Crippen molar-refractivity contribution in [3.63, 3.8) is 0 Å². The fourth-order valence-electron chi connectivity index (χ4n) is 3.45. The van der Waals surface area contributed by atoms with Gasteiger partial charge in [0.25, 0.3) is 15.9 Å². The highest BCUT2D eigenvalue weighted by Gasteiger charge is 2.21. The van der Waals surface area contributed by atoms with Crippen molar-refractivity contribution in [2.45, 2.75) is 4.90 Å². The molecule has 0 fully saturated rings. The van der Waals surface area contributed by atoms with E-state index in [9.17, 15) is 13.2 Å². The summed E-state index contributed by atoms with van der Waals surface area (Å²) >= 11 is 0. The Morgan fingerprint density at radius 3 is 2.03 bits per heavy atom. The van der Waals surface area contributed by atoms with E-state index in [2.05, 4.69) is 5.32 Å². The van der Waals surface area contributed by atoms with Gasteiger partial charge in [-0.1, -0.05) is 48.5 Å². The third-order valence-electron chi connectivity index (χ3n) is 5.37. The highest BCUT2D eigenvalue weighted by Crippen LogP contribution is 2.24. The monoisotopic (exact) mass is 502 g/mol. The number of hydrogen-bond acceptors (Lipinski definition) is 5. The molecule has 0 aliphatic heterocycles. The van der Waals surface area contributed by atoms with Crippen molar-refractivity contribution < 1.29 is 22.7 Å². The smallest absolute Gasteiger partial charge is 0.264 e. The van der Waals surface area contributed by atoms with E-state index in [1.807, 2.05) is 36.4 Å². The van der Waals surface area contributed by atoms with Crippen LogP contribution >= 0.6 is 0 Å². The molecule has 4 aromatic rings. The summed E-state index contributed by atoms with van der Waals surface area (Å²) in [6, 6.07) is 31.2. The maximum Gasteiger partial charge on any atom is 0.264 e. The van der Waals surface area contributed by atoms with Gasteiger partial charge in [-0.25, -0.2) is 8.42 Å². The number of benzene rings is 4. The quantitative estimate of drug-likeness (QED) is 0.301. The van der Waals surface area contributed by atoms with Crippen LogP contribution < -0.4 is 19.1 Å². The van der Waals surface area contributed by atoms with Crippen LogP contribution in [0.3, 0.4) is 0 Å². The number of para-hydroxylation sites is 3. The standard InChI is InChI=1S/C28H26N2O5S/c1-30(23-10-4-2-5-11-23)36(32,33)25-18-16-22(17-19-25)29-28(31)26-14-8-9-15-27(26)35-21-20-34-24-12-6-3-7-13-24/h2-19H,20-21H2,1H3,(H,29,31). The predicted octanol–water partition coefficient (Wildman–Crippen LogP) is 5.22. The minimum Gasteiger partial charge on any atom is -0.490 e. The molecule has 1 N–H and O–H groups in total. The zero-order valence-corrected chi connectivity index (χ0v) is 20.5. The number of rotatable bonds is 10. The van der Waals surface area contributed by atoms with Crippen LogP contribution in [0.15, 0.2) is 114 Å². The van der Waals surface area contributed by atoms with Gasteiger partial charge in [0.2, 0.25) is 0 Å². The van der Waals surface area contributed by atoms with Crippen molar-refractivity contribution in [2.24, 2.45) is 0 Å². The van der Waals surface area contributed by atoms with Crippen LogP contribution in [0.2, 0.25) is 0 Å². The molecule has 184 valence electrons. The number of hydrogen-bond donors (Lipinski definition) is 1. The van der Waals surface area contributed by atoms with Crippen LogP contribution in [-0.4, -0.2) is 34.6 Å². The van der Waals surface area contributed by atoms with Gasteiger partial charge in [0.15, 0.2) is 0 Å². The molecule has 0 unspecified atom stereocenters. The Morgan fingerprint density at radius 1 is 0.750 bits per heavy atom. The minimum absolute atomic E-state index is 0.119. The molecule has 0 radical (unpaired) electrons. The maximum absolute atomic E-state index is 13.0. The molecule has 0 atom stereocenters. The molecule has 1 amide bonds. The number of carbonyl (C=O) groups is 1. The van der Waals surface area contributed by atoms with Gasteiger partial charge in [-0.15, -0.1) is 0 Å². The Labute approximate surface area is 211 Å². The third-order valence-corrected chi connectivity index (χ3v) is 7.17. The third kappa shape index (κ3) is 6.03. The minimum atomic E-state index is -3.74. The highest BCUT2D eigenvalue weighted by molar-refractivity contribution is 7.92. The topological polar surface area (TPSA) is 84.9 Å². The lowest BCUT2D eigenvalue weighted by molar-refractivity contribution is 0.102. The molecule has 0 spiro atoms. The van der Waals surface area contributed by atoms with Gasteiger partial charge in [0.1, 0.15) is 24.7 Å². The van der Waals surface area contributed by atoms with Crippen molar-refractivity contribution in [3.05, 3.63) is 115 Å². The number of amides is 1. The molecular weight excluding hydrogens is 476 g/mol. The van der Waals surface area contributed by atoms with E-state index in [0.717, 1.165) is 5.75 Å². The summed E-state index contributed by atoms with van der Waals surface area (Å²) in [4.78, 5) is 13.0. The van der Waals surface area contributed by atoms with E-state index in [1.165, 1.54) is 23.5 Å². The Balaban J connectivity index is 1.39. The van der Waals surface area contributed by atoms with Crippen molar-refractivity contribution in [3.8, 4) is 11.5 Å². The van der Waals surface area contributed by atoms with E-state index >= 15 is 0 Å². The lowest BCUT2D eigenvalue weighted by atomic mass is 10.2. The van der Waals surface area contributed by atoms with Crippen molar-refractivity contribution in [2.75, 3.05) is 29.9 Å². The Bertz CT molecular complexity index is 1390. The van der Waals surface area contributed by atoms with E-state index in [-0.39, 0.29) is 17.4 Å². The maximum atomic E-state index is 13.0. The van der Waals surface area contributed by atoms with E-state index < -0.39 is 10.0 Å². The molecule has 0 heterocycles. The van der Waals surface area contributed by atoms with Crippen LogP contribution in [0.5, 0.6) is 11.5 Å². The second-order valence-electron chi connectivity index (χ2n) is 7.79. The summed E-state index contributed by atoms with van der Waals surface area (Å²) in [5.41, 5.74) is 1.38. The van der Waals surface area contributed by atoms with E-state index in [4.69, 9.17) is 9.47 Å². The van der Waals surface area contributed by atoms with Crippen molar-refractivity contribution in [1.29, 1.82) is 0 Å². The van der Waals surface area contributed by atoms with Gasteiger partial charge in [-0.3, -0.25) is 9.10 Å². The molecule has 0 aromatic heterocycles. The fraction of sp³-hybridized carbons (Fsp3) is 0.107. The zero-order chi connectivity index (χ0) is 25.4. The first-order valence-corrected chi connectivity index (χ1v) is 12.7. The normalized spacial score (nSPS) is 10.9. The molecular formula is C28H26N2O5S. The van der Waals surface area contributed by atoms with Crippen LogP contribution in [0.1, 0.15) is 10.4 Å². The number of carbonyl (C=O) groups excluding carboxylic acids is 1. The molecule has 36 heavy (non-hydrogen) atoms. The first-order valence-electron chi connectivity index (χ1n) is 11.3. The molecule has 4 rings (SSSR count). The molecule has 7 nitrogen and oxygen atoms in total. The first-order chi connectivity index (χ1) is 17.4. The predicted molar refractivity (Wildman–Crippen MR) is 140 cm³/mol. The van der Waals surface area contributed by atoms with Gasteiger partial charge in [-0.05, 0) is 60.7 Å². The van der Waals surface area contributed by atoms with Gasteiger partial charge >= 0.3 is 0 Å². The molecule has 0 aliphatic rings. The van der Waals surface area contributed by atoms with Crippen LogP contribution in [0.4, 0.5) is 11.4 Å². The van der Waals surface area contributed by atoms with Gasteiger partial charge in [0, 0.05) is 12.7 Å². The summed E-state index contributed by atoms with van der Waals surface area (Å²) < 4.78 is 38.5. The lowest BCUT2D eigenvalue weighted by Gasteiger charge is -2.19. The van der Waals surface area contributed by atoms with E-state index in [1.54, 1.807) is 60.7 Å². The average Bonchev–Trinajstić information content (AvgIpc) is 2.92. The van der Waals surface area contributed by atoms with Crippen LogP contribution in [0.25, 0.3) is 0 Å². The second kappa shape index (κ2) is 11.4. The number of sulfonamides is 1. The molecule has 0 saturated heterocycles. The van der Waals surface area contributed by atoms with Crippen molar-refractivity contribution >= 4 is 27.3 Å². The van der Waals surface area contributed by atoms with Crippen LogP contribution in [0, 0.1) is 0 Å². The van der Waals surface area contributed by atoms with Crippen LogP contribution in [-0.2, 0) is 10.0 Å². The summed E-state index contributed by atoms with van der Waals surface area (Å²) in [7, 11) is -2.24. The Morgan fingerprint density at radius 2 is 1.33 bits per heavy atom. The SMILES string of the molecule is CN(c1ccccc1)S(=O)(=O)c1ccc(NC(=O)c2ccccc2OCCOc2ccccc2)cc1. The summed E-state index contributed by atoms with van der Waals surface area (Å²) in [6.07, 6.45) is 0. The highest BCUT2D eigenvalue weighted by atomic mass is 32.2. The molecule has 0 saturated carbocycles. The van der Waals surface area contributed by atoms with Crippen molar-refractivity contribution in [1.82, 2.24) is 0 Å². The number of ether oxygens (including phenoxy) is 2. The summed E-state index contributed by atoms with van der Waals surface area (Å²) in [5, 5.41) is 2.80. The summed E-state index contributed by atoms with van der Waals surface area (Å²) in [5.74, 6) is 0.800. The number of nitrogens with one attached hydrogen (secondary N) is 1.